The van der Waals surface area contributed by atoms with Crippen LogP contribution in [0.1, 0.15) is 20.8 Å². The van der Waals surface area contributed by atoms with Gasteiger partial charge in [0.2, 0.25) is 0 Å². The number of nitrogen functional groups attached to an aromatic ring is 1. The summed E-state index contributed by atoms with van der Waals surface area (Å²) in [5.41, 5.74) is 17.2. The van der Waals surface area contributed by atoms with E-state index < -0.39 is 0 Å². The van der Waals surface area contributed by atoms with Gasteiger partial charge < -0.3 is 15.9 Å². The number of hydrogen-bond donors (Lipinski definition) is 5. The molecular weight excluding hydrogens is 322 g/mol. The minimum absolute atomic E-state index is 0.140. The Bertz CT molecular complexity index is 701. The molecule has 2 rings (SSSR count). The number of amides is 1. The molecule has 0 radical (unpaired) electrons. The lowest BCUT2D eigenvalue weighted by atomic mass is 10.1. The predicted molar refractivity (Wildman–Crippen MR) is 96.7 cm³/mol. The Kier molecular flexibility index (Phi) is 5.96. The van der Waals surface area contributed by atoms with E-state index in [0.29, 0.717) is 11.6 Å². The van der Waals surface area contributed by atoms with Gasteiger partial charge in [0.15, 0.2) is 18.2 Å². The van der Waals surface area contributed by atoms with E-state index in [0.717, 1.165) is 0 Å². The quantitative estimate of drug-likeness (QED) is 0.475. The van der Waals surface area contributed by atoms with Crippen LogP contribution in [0.25, 0.3) is 0 Å². The number of para-hydroxylation sites is 1. The molecule has 0 aliphatic heterocycles. The number of carbonyl (C=O) groups is 1. The van der Waals surface area contributed by atoms with E-state index in [-0.39, 0.29) is 29.6 Å². The zero-order valence-electron chi connectivity index (χ0n) is 14.5. The number of carbonyl (C=O) groups excluding carboxylic acids is 1. The molecule has 0 atom stereocenters. The maximum atomic E-state index is 11.8. The fourth-order valence-electron chi connectivity index (χ4n) is 1.67. The largest absolute Gasteiger partial charge is 0.484 e. The van der Waals surface area contributed by atoms with Crippen molar-refractivity contribution in [3.63, 3.8) is 0 Å². The lowest BCUT2D eigenvalue weighted by molar-refractivity contribution is -0.122. The van der Waals surface area contributed by atoms with Crippen LogP contribution in [0, 0.1) is 0 Å². The second-order valence-corrected chi connectivity index (χ2v) is 6.26. The Morgan fingerprint density at radius 3 is 2.40 bits per heavy atom. The third-order valence-electron chi connectivity index (χ3n) is 2.87. The Labute approximate surface area is 146 Å². The van der Waals surface area contributed by atoms with Crippen molar-refractivity contribution >= 4 is 23.2 Å². The first-order valence-corrected chi connectivity index (χ1v) is 7.71. The summed E-state index contributed by atoms with van der Waals surface area (Å²) in [5.74, 6) is 0.923. The number of hydrogen-bond acceptors (Lipinski definition) is 8. The Morgan fingerprint density at radius 1 is 1.12 bits per heavy atom. The Morgan fingerprint density at radius 2 is 1.76 bits per heavy atom. The SMILES string of the molecule is CC(C)(C)NNc1ncnc(NNC(=O)COc2ccccc2)c1N. The van der Waals surface area contributed by atoms with Crippen LogP contribution in [-0.4, -0.2) is 28.0 Å². The molecule has 9 nitrogen and oxygen atoms in total. The molecule has 9 heteroatoms. The lowest BCUT2D eigenvalue weighted by Gasteiger charge is -2.22. The van der Waals surface area contributed by atoms with E-state index in [2.05, 4.69) is 31.7 Å². The molecule has 25 heavy (non-hydrogen) atoms. The van der Waals surface area contributed by atoms with Crippen molar-refractivity contribution in [1.29, 1.82) is 0 Å². The molecule has 0 saturated carbocycles. The van der Waals surface area contributed by atoms with Crippen molar-refractivity contribution in [2.24, 2.45) is 0 Å². The third-order valence-corrected chi connectivity index (χ3v) is 2.87. The second kappa shape index (κ2) is 8.15. The van der Waals surface area contributed by atoms with E-state index in [1.165, 1.54) is 6.33 Å². The van der Waals surface area contributed by atoms with Gasteiger partial charge in [-0.1, -0.05) is 18.2 Å². The molecule has 0 spiro atoms. The normalized spacial score (nSPS) is 10.8. The van der Waals surface area contributed by atoms with Gasteiger partial charge in [-0.15, -0.1) is 0 Å². The van der Waals surface area contributed by atoms with Crippen LogP contribution >= 0.6 is 0 Å². The Hall–Kier alpha value is -3.07. The second-order valence-electron chi connectivity index (χ2n) is 6.26. The van der Waals surface area contributed by atoms with Crippen LogP contribution in [0.15, 0.2) is 36.7 Å². The van der Waals surface area contributed by atoms with Crippen molar-refractivity contribution in [3.05, 3.63) is 36.7 Å². The zero-order valence-corrected chi connectivity index (χ0v) is 14.5. The van der Waals surface area contributed by atoms with Crippen LogP contribution in [0.4, 0.5) is 17.3 Å². The summed E-state index contributed by atoms with van der Waals surface area (Å²) in [6.07, 6.45) is 1.33. The van der Waals surface area contributed by atoms with E-state index in [1.807, 2.05) is 39.0 Å². The summed E-state index contributed by atoms with van der Waals surface area (Å²) >= 11 is 0. The number of aromatic nitrogens is 2. The zero-order chi connectivity index (χ0) is 18.3. The van der Waals surface area contributed by atoms with Crippen molar-refractivity contribution in [2.45, 2.75) is 26.3 Å². The molecule has 1 amide bonds. The van der Waals surface area contributed by atoms with Crippen molar-refractivity contribution in [2.75, 3.05) is 23.2 Å². The van der Waals surface area contributed by atoms with Crippen molar-refractivity contribution < 1.29 is 9.53 Å². The molecule has 1 aromatic heterocycles. The molecule has 0 fully saturated rings. The maximum absolute atomic E-state index is 11.8. The van der Waals surface area contributed by atoms with Crippen LogP contribution < -0.4 is 32.2 Å². The molecule has 134 valence electrons. The highest BCUT2D eigenvalue weighted by Crippen LogP contribution is 2.21. The number of ether oxygens (including phenoxy) is 1. The van der Waals surface area contributed by atoms with Crippen LogP contribution in [0.5, 0.6) is 5.75 Å². The van der Waals surface area contributed by atoms with E-state index in [4.69, 9.17) is 10.5 Å². The number of nitrogens with zero attached hydrogens (tertiary/aromatic N) is 2. The van der Waals surface area contributed by atoms with Crippen molar-refractivity contribution in [1.82, 2.24) is 20.8 Å². The first-order valence-electron chi connectivity index (χ1n) is 7.71. The fraction of sp³-hybridized carbons (Fsp3) is 0.312. The highest BCUT2D eigenvalue weighted by Gasteiger charge is 2.13. The average Bonchev–Trinajstić information content (AvgIpc) is 2.58. The highest BCUT2D eigenvalue weighted by molar-refractivity contribution is 5.81. The van der Waals surface area contributed by atoms with Gasteiger partial charge in [0, 0.05) is 5.54 Å². The molecule has 2 aromatic rings. The molecule has 1 heterocycles. The molecular formula is C16H23N7O2. The topological polar surface area (TPSA) is 126 Å². The third kappa shape index (κ3) is 6.15. The minimum Gasteiger partial charge on any atom is -0.484 e. The van der Waals surface area contributed by atoms with Gasteiger partial charge >= 0.3 is 0 Å². The van der Waals surface area contributed by atoms with Crippen LogP contribution in [-0.2, 0) is 4.79 Å². The summed E-state index contributed by atoms with van der Waals surface area (Å²) in [5, 5.41) is 0. The van der Waals surface area contributed by atoms with Crippen molar-refractivity contribution in [3.8, 4) is 5.75 Å². The van der Waals surface area contributed by atoms with E-state index >= 15 is 0 Å². The number of rotatable bonds is 7. The van der Waals surface area contributed by atoms with E-state index in [1.54, 1.807) is 12.1 Å². The molecule has 6 N–H and O–H groups in total. The number of nitrogens with one attached hydrogen (secondary N) is 4. The summed E-state index contributed by atoms with van der Waals surface area (Å²) in [6.45, 7) is 5.83. The first kappa shape index (κ1) is 18.3. The van der Waals surface area contributed by atoms with Gasteiger partial charge in [0.25, 0.3) is 5.91 Å². The molecule has 1 aromatic carbocycles. The van der Waals surface area contributed by atoms with Gasteiger partial charge in [0.1, 0.15) is 17.8 Å². The monoisotopic (exact) mass is 345 g/mol. The smallest absolute Gasteiger partial charge is 0.276 e. The number of nitrogens with two attached hydrogens (primary N) is 1. The van der Waals surface area contributed by atoms with Gasteiger partial charge in [-0.3, -0.25) is 15.6 Å². The van der Waals surface area contributed by atoms with Gasteiger partial charge in [-0.2, -0.15) is 0 Å². The summed E-state index contributed by atoms with van der Waals surface area (Å²) in [4.78, 5) is 19.9. The maximum Gasteiger partial charge on any atom is 0.276 e. The summed E-state index contributed by atoms with van der Waals surface area (Å²) in [7, 11) is 0. The molecule has 0 unspecified atom stereocenters. The van der Waals surface area contributed by atoms with Crippen LogP contribution in [0.2, 0.25) is 0 Å². The number of benzene rings is 1. The molecule has 0 bridgehead atoms. The molecule has 0 saturated heterocycles. The van der Waals surface area contributed by atoms with Gasteiger partial charge in [-0.05, 0) is 32.9 Å². The highest BCUT2D eigenvalue weighted by atomic mass is 16.5. The molecule has 0 aliphatic carbocycles. The number of anilines is 3. The lowest BCUT2D eigenvalue weighted by Crippen LogP contribution is -2.40. The first-order chi connectivity index (χ1) is 11.8. The van der Waals surface area contributed by atoms with E-state index in [9.17, 15) is 4.79 Å². The summed E-state index contributed by atoms with van der Waals surface area (Å²) in [6, 6.07) is 9.06. The number of hydrazine groups is 2. The average molecular weight is 345 g/mol. The minimum atomic E-state index is -0.371. The molecule has 0 aliphatic rings. The fourth-order valence-corrected chi connectivity index (χ4v) is 1.67. The Balaban J connectivity index is 1.86. The standard InChI is InChI=1S/C16H23N7O2/c1-16(2,3)23-22-15-13(17)14(18-10-19-15)21-20-12(24)9-25-11-7-5-4-6-8-11/h4-8,10,23H,9,17H2,1-3H3,(H,20,24)(H2,18,19,21,22). The van der Waals surface area contributed by atoms with Crippen LogP contribution in [0.3, 0.4) is 0 Å². The van der Waals surface area contributed by atoms with Gasteiger partial charge in [-0.25, -0.2) is 15.4 Å². The predicted octanol–water partition coefficient (Wildman–Crippen LogP) is 1.30. The van der Waals surface area contributed by atoms with Gasteiger partial charge in [0.05, 0.1) is 0 Å². The summed E-state index contributed by atoms with van der Waals surface area (Å²) < 4.78 is 5.35.